The van der Waals surface area contributed by atoms with Crippen LogP contribution in [0.1, 0.15) is 31.0 Å². The predicted octanol–water partition coefficient (Wildman–Crippen LogP) is 2.90. The van der Waals surface area contributed by atoms with E-state index in [2.05, 4.69) is 4.98 Å². The van der Waals surface area contributed by atoms with E-state index in [4.69, 9.17) is 10.7 Å². The summed E-state index contributed by atoms with van der Waals surface area (Å²) in [5.74, 6) is 5.85. The highest BCUT2D eigenvalue weighted by molar-refractivity contribution is 5.79. The van der Waals surface area contributed by atoms with Crippen molar-refractivity contribution < 1.29 is 0 Å². The summed E-state index contributed by atoms with van der Waals surface area (Å²) in [6.45, 7) is 0. The first kappa shape index (κ1) is 9.42. The normalized spacial score (nSPS) is 40.3. The first-order valence-corrected chi connectivity index (χ1v) is 7.06. The van der Waals surface area contributed by atoms with Gasteiger partial charge in [0.2, 0.25) is 0 Å². The van der Waals surface area contributed by atoms with Gasteiger partial charge in [0.05, 0.1) is 11.0 Å². The molecule has 3 heteroatoms. The molecule has 0 amide bonds. The number of nitrogens with one attached hydrogen (secondary N) is 1. The molecule has 3 N–H and O–H groups in total. The maximum atomic E-state index is 5.82. The second-order valence-corrected chi connectivity index (χ2v) is 6.41. The summed E-state index contributed by atoms with van der Waals surface area (Å²) < 4.78 is 0. The van der Waals surface area contributed by atoms with Crippen molar-refractivity contribution in [1.82, 2.24) is 9.97 Å². The van der Waals surface area contributed by atoms with Crippen LogP contribution in [0.15, 0.2) is 18.2 Å². The quantitative estimate of drug-likeness (QED) is 0.752. The molecule has 1 aromatic carbocycles. The van der Waals surface area contributed by atoms with Crippen LogP contribution in [0.2, 0.25) is 0 Å². The van der Waals surface area contributed by atoms with Gasteiger partial charge < -0.3 is 10.7 Å². The Labute approximate surface area is 106 Å². The Bertz CT molecular complexity index is 628. The Kier molecular flexibility index (Phi) is 1.52. The molecule has 3 aliphatic carbocycles. The van der Waals surface area contributed by atoms with E-state index in [0.717, 1.165) is 46.3 Å². The fourth-order valence-electron chi connectivity index (χ4n) is 4.90. The third-order valence-electron chi connectivity index (χ3n) is 5.58. The zero-order valence-electron chi connectivity index (χ0n) is 10.3. The molecule has 1 heterocycles. The standard InChI is InChI=1S/C15H17N3/c16-9-3-4-10-11(6-9)18-15(17-10)14-12-7-1-2-8(5-7)13(12)14/h3-4,6-8,12-14H,1-2,5,16H2,(H,17,18). The Hall–Kier alpha value is -1.51. The molecule has 0 spiro atoms. The van der Waals surface area contributed by atoms with Crippen LogP contribution in [0.4, 0.5) is 5.69 Å². The molecule has 4 unspecified atom stereocenters. The van der Waals surface area contributed by atoms with Crippen molar-refractivity contribution in [2.24, 2.45) is 23.7 Å². The van der Waals surface area contributed by atoms with Crippen LogP contribution < -0.4 is 5.73 Å². The fraction of sp³-hybridized carbons (Fsp3) is 0.533. The molecule has 3 aliphatic rings. The lowest BCUT2D eigenvalue weighted by molar-refractivity contribution is 0.456. The van der Waals surface area contributed by atoms with Gasteiger partial charge in [-0.2, -0.15) is 0 Å². The molecule has 1 aromatic heterocycles. The number of nitrogen functional groups attached to an aromatic ring is 1. The summed E-state index contributed by atoms with van der Waals surface area (Å²) in [6.07, 6.45) is 4.43. The molecular formula is C15H17N3. The van der Waals surface area contributed by atoms with Crippen molar-refractivity contribution in [2.45, 2.75) is 25.2 Å². The third-order valence-corrected chi connectivity index (χ3v) is 5.58. The third kappa shape index (κ3) is 1.03. The summed E-state index contributed by atoms with van der Waals surface area (Å²) in [4.78, 5) is 8.29. The lowest BCUT2D eigenvalue weighted by atomic mass is 10.0. The van der Waals surface area contributed by atoms with Crippen molar-refractivity contribution in [3.8, 4) is 0 Å². The number of hydrogen-bond acceptors (Lipinski definition) is 2. The first-order chi connectivity index (χ1) is 8.81. The minimum Gasteiger partial charge on any atom is -0.399 e. The second-order valence-electron chi connectivity index (χ2n) is 6.41. The zero-order valence-corrected chi connectivity index (χ0v) is 10.3. The Morgan fingerprint density at radius 3 is 2.72 bits per heavy atom. The number of rotatable bonds is 1. The highest BCUT2D eigenvalue weighted by Gasteiger charge is 2.66. The van der Waals surface area contributed by atoms with Gasteiger partial charge in [-0.15, -0.1) is 0 Å². The van der Waals surface area contributed by atoms with E-state index in [1.807, 2.05) is 18.2 Å². The maximum Gasteiger partial charge on any atom is 0.110 e. The van der Waals surface area contributed by atoms with Gasteiger partial charge in [0.25, 0.3) is 0 Å². The monoisotopic (exact) mass is 239 g/mol. The van der Waals surface area contributed by atoms with Crippen molar-refractivity contribution in [2.75, 3.05) is 5.73 Å². The van der Waals surface area contributed by atoms with Gasteiger partial charge in [0.15, 0.2) is 0 Å². The number of nitrogens with zero attached hydrogens (tertiary/aromatic N) is 1. The van der Waals surface area contributed by atoms with Gasteiger partial charge in [0, 0.05) is 11.6 Å². The molecule has 3 nitrogen and oxygen atoms in total. The number of aromatic amines is 1. The highest BCUT2D eigenvalue weighted by Crippen LogP contribution is 2.72. The molecule has 0 radical (unpaired) electrons. The molecule has 4 atom stereocenters. The molecule has 18 heavy (non-hydrogen) atoms. The predicted molar refractivity (Wildman–Crippen MR) is 71.1 cm³/mol. The van der Waals surface area contributed by atoms with Crippen LogP contribution in [0, 0.1) is 23.7 Å². The SMILES string of the molecule is Nc1ccc2nc(C3C4C5CCC(C5)C34)[nH]c2c1. The Balaban J connectivity index is 1.56. The number of anilines is 1. The largest absolute Gasteiger partial charge is 0.399 e. The number of benzene rings is 1. The topological polar surface area (TPSA) is 54.7 Å². The van der Waals surface area contributed by atoms with E-state index < -0.39 is 0 Å². The average molecular weight is 239 g/mol. The second kappa shape index (κ2) is 2.90. The number of imidazole rings is 1. The van der Waals surface area contributed by atoms with E-state index >= 15 is 0 Å². The maximum absolute atomic E-state index is 5.82. The van der Waals surface area contributed by atoms with Crippen LogP contribution in [0.3, 0.4) is 0 Å². The highest BCUT2D eigenvalue weighted by atomic mass is 15.0. The van der Waals surface area contributed by atoms with Crippen LogP contribution in [-0.2, 0) is 0 Å². The molecule has 2 aromatic rings. The van der Waals surface area contributed by atoms with Gasteiger partial charge in [-0.3, -0.25) is 0 Å². The number of aromatic nitrogens is 2. The molecule has 0 aliphatic heterocycles. The van der Waals surface area contributed by atoms with Gasteiger partial charge in [-0.25, -0.2) is 4.98 Å². The van der Waals surface area contributed by atoms with Crippen molar-refractivity contribution >= 4 is 16.7 Å². The molecular weight excluding hydrogens is 222 g/mol. The molecule has 92 valence electrons. The summed E-state index contributed by atoms with van der Waals surface area (Å²) in [5.41, 5.74) is 8.80. The van der Waals surface area contributed by atoms with Gasteiger partial charge in [-0.05, 0) is 61.1 Å². The zero-order chi connectivity index (χ0) is 11.9. The van der Waals surface area contributed by atoms with Crippen LogP contribution in [-0.4, -0.2) is 9.97 Å². The number of hydrogen-bond donors (Lipinski definition) is 2. The summed E-state index contributed by atoms with van der Waals surface area (Å²) in [6, 6.07) is 5.96. The lowest BCUT2D eigenvalue weighted by Crippen LogP contribution is -1.98. The molecule has 3 saturated carbocycles. The van der Waals surface area contributed by atoms with Crippen molar-refractivity contribution in [3.63, 3.8) is 0 Å². The Morgan fingerprint density at radius 1 is 1.17 bits per heavy atom. The number of H-pyrrole nitrogens is 1. The van der Waals surface area contributed by atoms with E-state index in [1.165, 1.54) is 25.1 Å². The minimum absolute atomic E-state index is 0.727. The average Bonchev–Trinajstić information content (AvgIpc) is 2.75. The van der Waals surface area contributed by atoms with E-state index in [0.29, 0.717) is 0 Å². The number of fused-ring (bicyclic) bond motifs is 6. The molecule has 3 fully saturated rings. The van der Waals surface area contributed by atoms with E-state index in [1.54, 1.807) is 0 Å². The van der Waals surface area contributed by atoms with Crippen molar-refractivity contribution in [1.29, 1.82) is 0 Å². The van der Waals surface area contributed by atoms with Gasteiger partial charge >= 0.3 is 0 Å². The summed E-state index contributed by atoms with van der Waals surface area (Å²) >= 11 is 0. The number of nitrogens with two attached hydrogens (primary N) is 1. The van der Waals surface area contributed by atoms with E-state index in [-0.39, 0.29) is 0 Å². The Morgan fingerprint density at radius 2 is 1.94 bits per heavy atom. The van der Waals surface area contributed by atoms with Crippen molar-refractivity contribution in [3.05, 3.63) is 24.0 Å². The lowest BCUT2D eigenvalue weighted by Gasteiger charge is -2.05. The molecule has 5 rings (SSSR count). The molecule has 2 bridgehead atoms. The summed E-state index contributed by atoms with van der Waals surface area (Å²) in [5, 5.41) is 0. The van der Waals surface area contributed by atoms with Crippen LogP contribution >= 0.6 is 0 Å². The minimum atomic E-state index is 0.727. The van der Waals surface area contributed by atoms with Crippen LogP contribution in [0.5, 0.6) is 0 Å². The smallest absolute Gasteiger partial charge is 0.110 e. The van der Waals surface area contributed by atoms with Gasteiger partial charge in [0.1, 0.15) is 5.82 Å². The fourth-order valence-corrected chi connectivity index (χ4v) is 4.90. The first-order valence-electron chi connectivity index (χ1n) is 7.06. The molecule has 0 saturated heterocycles. The van der Waals surface area contributed by atoms with Crippen LogP contribution in [0.25, 0.3) is 11.0 Å². The van der Waals surface area contributed by atoms with Gasteiger partial charge in [-0.1, -0.05) is 0 Å². The van der Waals surface area contributed by atoms with E-state index in [9.17, 15) is 0 Å². The summed E-state index contributed by atoms with van der Waals surface area (Å²) in [7, 11) is 0.